The SMILES string of the molecule is O=C(O)CCCS(=O)(=O)N1CCc2sccc2C1C1CC1. The quantitative estimate of drug-likeness (QED) is 0.868. The second-order valence-corrected chi connectivity index (χ2v) is 8.80. The summed E-state index contributed by atoms with van der Waals surface area (Å²) in [5.41, 5.74) is 1.18. The fourth-order valence-corrected chi connectivity index (χ4v) is 5.72. The zero-order chi connectivity index (χ0) is 15.0. The van der Waals surface area contributed by atoms with Crippen LogP contribution in [0, 0.1) is 5.92 Å². The molecule has 116 valence electrons. The fourth-order valence-electron chi connectivity index (χ4n) is 3.06. The number of nitrogens with zero attached hydrogens (tertiary/aromatic N) is 1. The van der Waals surface area contributed by atoms with Crippen LogP contribution in [0.2, 0.25) is 0 Å². The van der Waals surface area contributed by atoms with Crippen molar-refractivity contribution < 1.29 is 18.3 Å². The minimum atomic E-state index is -3.38. The largest absolute Gasteiger partial charge is 0.481 e. The maximum atomic E-state index is 12.6. The van der Waals surface area contributed by atoms with E-state index in [1.165, 1.54) is 10.4 Å². The van der Waals surface area contributed by atoms with Gasteiger partial charge in [-0.2, -0.15) is 4.31 Å². The maximum absolute atomic E-state index is 12.6. The summed E-state index contributed by atoms with van der Waals surface area (Å²) >= 11 is 1.71. The molecule has 1 aliphatic carbocycles. The molecule has 1 N–H and O–H groups in total. The number of rotatable bonds is 6. The molecule has 1 aromatic heterocycles. The average Bonchev–Trinajstić information content (AvgIpc) is 3.13. The number of thiophene rings is 1. The van der Waals surface area contributed by atoms with E-state index in [9.17, 15) is 13.2 Å². The molecule has 0 radical (unpaired) electrons. The zero-order valence-corrected chi connectivity index (χ0v) is 13.3. The molecule has 1 atom stereocenters. The first kappa shape index (κ1) is 15.0. The van der Waals surface area contributed by atoms with Crippen molar-refractivity contribution in [3.8, 4) is 0 Å². The van der Waals surface area contributed by atoms with Crippen LogP contribution in [0.25, 0.3) is 0 Å². The summed E-state index contributed by atoms with van der Waals surface area (Å²) in [6.07, 6.45) is 3.03. The lowest BCUT2D eigenvalue weighted by Gasteiger charge is -2.35. The molecule has 1 aromatic rings. The zero-order valence-electron chi connectivity index (χ0n) is 11.7. The molecule has 0 bridgehead atoms. The van der Waals surface area contributed by atoms with Crippen LogP contribution in [0.15, 0.2) is 11.4 Å². The van der Waals surface area contributed by atoms with Crippen molar-refractivity contribution in [2.24, 2.45) is 5.92 Å². The van der Waals surface area contributed by atoms with E-state index in [-0.39, 0.29) is 24.6 Å². The minimum absolute atomic E-state index is 0.0187. The molecule has 7 heteroatoms. The molecule has 1 fully saturated rings. The van der Waals surface area contributed by atoms with Gasteiger partial charge in [-0.05, 0) is 48.6 Å². The Kier molecular flexibility index (Phi) is 4.07. The second kappa shape index (κ2) is 5.70. The Morgan fingerprint density at radius 2 is 2.19 bits per heavy atom. The van der Waals surface area contributed by atoms with Crippen molar-refractivity contribution in [1.82, 2.24) is 4.31 Å². The summed E-state index contributed by atoms with van der Waals surface area (Å²) in [5.74, 6) is -0.572. The number of aliphatic carboxylic acids is 1. The lowest BCUT2D eigenvalue weighted by Crippen LogP contribution is -2.41. The standard InChI is InChI=1S/C14H19NO4S2/c16-13(17)2-1-9-21(18,19)15-7-5-12-11(6-8-20-12)14(15)10-3-4-10/h6,8,10,14H,1-5,7,9H2,(H,16,17). The number of fused-ring (bicyclic) bond motifs is 1. The van der Waals surface area contributed by atoms with E-state index in [0.717, 1.165) is 19.3 Å². The number of carboxylic acid groups (broad SMARTS) is 1. The molecule has 5 nitrogen and oxygen atoms in total. The van der Waals surface area contributed by atoms with Gasteiger partial charge in [-0.3, -0.25) is 4.79 Å². The first-order valence-electron chi connectivity index (χ1n) is 7.26. The number of hydrogen-bond donors (Lipinski definition) is 1. The van der Waals surface area contributed by atoms with Crippen molar-refractivity contribution >= 4 is 27.3 Å². The number of carboxylic acids is 1. The van der Waals surface area contributed by atoms with Gasteiger partial charge in [0, 0.05) is 17.8 Å². The molecule has 2 heterocycles. The van der Waals surface area contributed by atoms with Gasteiger partial charge >= 0.3 is 5.97 Å². The van der Waals surface area contributed by atoms with Crippen LogP contribution in [0.4, 0.5) is 0 Å². The van der Waals surface area contributed by atoms with Gasteiger partial charge in [0.1, 0.15) is 0 Å². The molecule has 0 amide bonds. The molecule has 1 aliphatic heterocycles. The Morgan fingerprint density at radius 3 is 2.86 bits per heavy atom. The third-order valence-corrected chi connectivity index (χ3v) is 7.11. The van der Waals surface area contributed by atoms with Crippen LogP contribution in [0.3, 0.4) is 0 Å². The van der Waals surface area contributed by atoms with Gasteiger partial charge in [0.05, 0.1) is 11.8 Å². The minimum Gasteiger partial charge on any atom is -0.481 e. The molecule has 3 rings (SSSR count). The molecule has 0 saturated heterocycles. The summed E-state index contributed by atoms with van der Waals surface area (Å²) in [6.45, 7) is 0.532. The molecule has 0 spiro atoms. The monoisotopic (exact) mass is 329 g/mol. The summed E-state index contributed by atoms with van der Waals surface area (Å²) in [4.78, 5) is 11.9. The summed E-state index contributed by atoms with van der Waals surface area (Å²) in [7, 11) is -3.38. The first-order chi connectivity index (χ1) is 9.99. The predicted octanol–water partition coefficient (Wildman–Crippen LogP) is 2.25. The third-order valence-electron chi connectivity index (χ3n) is 4.19. The van der Waals surface area contributed by atoms with Gasteiger partial charge in [0.2, 0.25) is 10.0 Å². The van der Waals surface area contributed by atoms with E-state index < -0.39 is 16.0 Å². The van der Waals surface area contributed by atoms with Crippen LogP contribution in [-0.2, 0) is 21.2 Å². The molecular formula is C14H19NO4S2. The van der Waals surface area contributed by atoms with Crippen LogP contribution >= 0.6 is 11.3 Å². The molecule has 0 aromatic carbocycles. The van der Waals surface area contributed by atoms with Crippen molar-refractivity contribution in [3.05, 3.63) is 21.9 Å². The Morgan fingerprint density at radius 1 is 1.43 bits per heavy atom. The van der Waals surface area contributed by atoms with Gasteiger partial charge in [0.25, 0.3) is 0 Å². The Labute approximate surface area is 128 Å². The highest BCUT2D eigenvalue weighted by Crippen LogP contribution is 2.49. The fraction of sp³-hybridized carbons (Fsp3) is 0.643. The number of hydrogen-bond acceptors (Lipinski definition) is 4. The highest BCUT2D eigenvalue weighted by Gasteiger charge is 2.44. The Bertz CT molecular complexity index is 633. The normalized spacial score (nSPS) is 23.0. The van der Waals surface area contributed by atoms with Crippen LogP contribution in [-0.4, -0.2) is 36.1 Å². The first-order valence-corrected chi connectivity index (χ1v) is 9.75. The van der Waals surface area contributed by atoms with Crippen LogP contribution in [0.1, 0.15) is 42.2 Å². The van der Waals surface area contributed by atoms with Crippen molar-refractivity contribution in [2.45, 2.75) is 38.1 Å². The maximum Gasteiger partial charge on any atom is 0.303 e. The van der Waals surface area contributed by atoms with E-state index in [1.54, 1.807) is 15.6 Å². The van der Waals surface area contributed by atoms with Crippen LogP contribution < -0.4 is 0 Å². The topological polar surface area (TPSA) is 74.7 Å². The summed E-state index contributed by atoms with van der Waals surface area (Å²) in [6, 6.07) is 2.04. The summed E-state index contributed by atoms with van der Waals surface area (Å²) in [5, 5.41) is 10.7. The van der Waals surface area contributed by atoms with E-state index in [1.807, 2.05) is 5.38 Å². The highest BCUT2D eigenvalue weighted by molar-refractivity contribution is 7.89. The second-order valence-electron chi connectivity index (χ2n) is 5.76. The molecule has 2 aliphatic rings. The molecule has 1 saturated carbocycles. The summed E-state index contributed by atoms with van der Waals surface area (Å²) < 4.78 is 26.8. The molecule has 21 heavy (non-hydrogen) atoms. The highest BCUT2D eigenvalue weighted by atomic mass is 32.2. The Balaban J connectivity index is 1.79. The van der Waals surface area contributed by atoms with Crippen molar-refractivity contribution in [3.63, 3.8) is 0 Å². The van der Waals surface area contributed by atoms with Gasteiger partial charge < -0.3 is 5.11 Å². The van der Waals surface area contributed by atoms with Crippen molar-refractivity contribution in [1.29, 1.82) is 0 Å². The Hall–Kier alpha value is -0.920. The predicted molar refractivity (Wildman–Crippen MR) is 80.9 cm³/mol. The van der Waals surface area contributed by atoms with E-state index in [4.69, 9.17) is 5.11 Å². The van der Waals surface area contributed by atoms with E-state index in [2.05, 4.69) is 6.07 Å². The third kappa shape index (κ3) is 3.14. The number of carbonyl (C=O) groups is 1. The average molecular weight is 329 g/mol. The molecule has 1 unspecified atom stereocenters. The van der Waals surface area contributed by atoms with Crippen molar-refractivity contribution in [2.75, 3.05) is 12.3 Å². The smallest absolute Gasteiger partial charge is 0.303 e. The van der Waals surface area contributed by atoms with Gasteiger partial charge in [-0.25, -0.2) is 8.42 Å². The number of sulfonamides is 1. The van der Waals surface area contributed by atoms with E-state index >= 15 is 0 Å². The molecular weight excluding hydrogens is 310 g/mol. The van der Waals surface area contributed by atoms with Crippen LogP contribution in [0.5, 0.6) is 0 Å². The van der Waals surface area contributed by atoms with Gasteiger partial charge in [0.15, 0.2) is 0 Å². The van der Waals surface area contributed by atoms with Gasteiger partial charge in [-0.15, -0.1) is 11.3 Å². The lowest BCUT2D eigenvalue weighted by molar-refractivity contribution is -0.137. The van der Waals surface area contributed by atoms with Gasteiger partial charge in [-0.1, -0.05) is 0 Å². The lowest BCUT2D eigenvalue weighted by atomic mass is 9.98. The van der Waals surface area contributed by atoms with E-state index in [0.29, 0.717) is 12.5 Å².